The SMILES string of the molecule is O=S1(=O)CC(NCCC2CCOC2)c2ccccc21. The van der Waals surface area contributed by atoms with E-state index in [-0.39, 0.29) is 11.8 Å². The molecule has 1 saturated heterocycles. The van der Waals surface area contributed by atoms with Gasteiger partial charge in [0.15, 0.2) is 9.84 Å². The molecule has 1 aromatic carbocycles. The quantitative estimate of drug-likeness (QED) is 0.909. The third-order valence-corrected chi connectivity index (χ3v) is 5.80. The van der Waals surface area contributed by atoms with Crippen molar-refractivity contribution in [2.24, 2.45) is 5.92 Å². The van der Waals surface area contributed by atoms with E-state index >= 15 is 0 Å². The van der Waals surface area contributed by atoms with Crippen molar-refractivity contribution in [1.29, 1.82) is 0 Å². The standard InChI is InChI=1S/C14H19NO3S/c16-19(17)10-13(12-3-1-2-4-14(12)19)15-7-5-11-6-8-18-9-11/h1-4,11,13,15H,5-10H2. The third-order valence-electron chi connectivity index (χ3n) is 3.98. The molecule has 2 heterocycles. The Morgan fingerprint density at radius 2 is 2.16 bits per heavy atom. The summed E-state index contributed by atoms with van der Waals surface area (Å²) in [6.45, 7) is 2.56. The molecule has 0 saturated carbocycles. The van der Waals surface area contributed by atoms with Crippen LogP contribution in [0.5, 0.6) is 0 Å². The van der Waals surface area contributed by atoms with Crippen molar-refractivity contribution in [2.45, 2.75) is 23.8 Å². The Morgan fingerprint density at radius 1 is 1.32 bits per heavy atom. The number of sulfone groups is 1. The van der Waals surface area contributed by atoms with Gasteiger partial charge in [-0.15, -0.1) is 0 Å². The zero-order chi connectivity index (χ0) is 13.3. The summed E-state index contributed by atoms with van der Waals surface area (Å²) in [6.07, 6.45) is 2.18. The second kappa shape index (κ2) is 5.23. The fourth-order valence-electron chi connectivity index (χ4n) is 2.89. The number of hydrogen-bond donors (Lipinski definition) is 1. The van der Waals surface area contributed by atoms with Crippen molar-refractivity contribution < 1.29 is 13.2 Å². The molecule has 2 unspecified atom stereocenters. The molecule has 0 aromatic heterocycles. The summed E-state index contributed by atoms with van der Waals surface area (Å²) >= 11 is 0. The largest absolute Gasteiger partial charge is 0.381 e. The van der Waals surface area contributed by atoms with Gasteiger partial charge in [-0.1, -0.05) is 18.2 Å². The maximum absolute atomic E-state index is 12.0. The molecule has 104 valence electrons. The van der Waals surface area contributed by atoms with Crippen LogP contribution in [0.3, 0.4) is 0 Å². The topological polar surface area (TPSA) is 55.4 Å². The molecule has 2 aliphatic rings. The van der Waals surface area contributed by atoms with E-state index in [1.807, 2.05) is 12.1 Å². The molecule has 0 spiro atoms. The van der Waals surface area contributed by atoms with Crippen molar-refractivity contribution in [3.63, 3.8) is 0 Å². The smallest absolute Gasteiger partial charge is 0.180 e. The van der Waals surface area contributed by atoms with Gasteiger partial charge in [0.2, 0.25) is 0 Å². The van der Waals surface area contributed by atoms with Crippen LogP contribution in [0.25, 0.3) is 0 Å². The molecular weight excluding hydrogens is 262 g/mol. The van der Waals surface area contributed by atoms with Crippen LogP contribution in [-0.2, 0) is 14.6 Å². The third kappa shape index (κ3) is 2.68. The second-order valence-electron chi connectivity index (χ2n) is 5.34. The lowest BCUT2D eigenvalue weighted by molar-refractivity contribution is 0.184. The van der Waals surface area contributed by atoms with Gasteiger partial charge in [-0.2, -0.15) is 0 Å². The molecule has 4 nitrogen and oxygen atoms in total. The average molecular weight is 281 g/mol. The first-order chi connectivity index (χ1) is 9.17. The van der Waals surface area contributed by atoms with Gasteiger partial charge in [-0.25, -0.2) is 8.42 Å². The number of benzene rings is 1. The van der Waals surface area contributed by atoms with Gasteiger partial charge in [0.05, 0.1) is 10.6 Å². The van der Waals surface area contributed by atoms with E-state index in [1.165, 1.54) is 0 Å². The maximum Gasteiger partial charge on any atom is 0.180 e. The maximum atomic E-state index is 12.0. The van der Waals surface area contributed by atoms with Crippen molar-refractivity contribution in [3.8, 4) is 0 Å². The van der Waals surface area contributed by atoms with Gasteiger partial charge in [-0.3, -0.25) is 0 Å². The minimum Gasteiger partial charge on any atom is -0.381 e. The Labute approximate surface area is 114 Å². The Balaban J connectivity index is 1.63. The fourth-order valence-corrected chi connectivity index (χ4v) is 4.66. The van der Waals surface area contributed by atoms with E-state index in [1.54, 1.807) is 12.1 Å². The summed E-state index contributed by atoms with van der Waals surface area (Å²) in [4.78, 5) is 0.497. The highest BCUT2D eigenvalue weighted by atomic mass is 32.2. The Morgan fingerprint density at radius 3 is 2.95 bits per heavy atom. The summed E-state index contributed by atoms with van der Waals surface area (Å²) in [6, 6.07) is 7.25. The van der Waals surface area contributed by atoms with Crippen LogP contribution >= 0.6 is 0 Å². The summed E-state index contributed by atoms with van der Waals surface area (Å²) in [5.74, 6) is 0.814. The molecule has 0 bridgehead atoms. The molecule has 3 rings (SSSR count). The van der Waals surface area contributed by atoms with Crippen molar-refractivity contribution in [2.75, 3.05) is 25.5 Å². The van der Waals surface area contributed by atoms with Crippen LogP contribution in [0.1, 0.15) is 24.4 Å². The van der Waals surface area contributed by atoms with Gasteiger partial charge < -0.3 is 10.1 Å². The normalized spacial score (nSPS) is 28.4. The molecule has 1 fully saturated rings. The van der Waals surface area contributed by atoms with Crippen molar-refractivity contribution >= 4 is 9.84 Å². The van der Waals surface area contributed by atoms with Crippen molar-refractivity contribution in [1.82, 2.24) is 5.32 Å². The zero-order valence-corrected chi connectivity index (χ0v) is 11.7. The van der Waals surface area contributed by atoms with Gasteiger partial charge in [0.1, 0.15) is 0 Å². The van der Waals surface area contributed by atoms with Gasteiger partial charge in [-0.05, 0) is 36.9 Å². The van der Waals surface area contributed by atoms with Crippen LogP contribution in [0.2, 0.25) is 0 Å². The highest BCUT2D eigenvalue weighted by Gasteiger charge is 2.33. The first-order valence-electron chi connectivity index (χ1n) is 6.79. The monoisotopic (exact) mass is 281 g/mol. The molecule has 0 amide bonds. The van der Waals surface area contributed by atoms with Crippen LogP contribution in [0.4, 0.5) is 0 Å². The average Bonchev–Trinajstić information content (AvgIpc) is 2.98. The lowest BCUT2D eigenvalue weighted by atomic mass is 10.0. The predicted molar refractivity (Wildman–Crippen MR) is 72.8 cm³/mol. The number of hydrogen-bond acceptors (Lipinski definition) is 4. The zero-order valence-electron chi connectivity index (χ0n) is 10.8. The van der Waals surface area contributed by atoms with E-state index < -0.39 is 9.84 Å². The molecule has 2 aliphatic heterocycles. The summed E-state index contributed by atoms with van der Waals surface area (Å²) in [5.41, 5.74) is 0.921. The molecule has 0 radical (unpaired) electrons. The van der Waals surface area contributed by atoms with Crippen LogP contribution in [0.15, 0.2) is 29.2 Å². The summed E-state index contributed by atoms with van der Waals surface area (Å²) in [5, 5.41) is 3.39. The predicted octanol–water partition coefficient (Wildman–Crippen LogP) is 1.53. The number of nitrogens with one attached hydrogen (secondary N) is 1. The highest BCUT2D eigenvalue weighted by Crippen LogP contribution is 2.33. The lowest BCUT2D eigenvalue weighted by Gasteiger charge is -2.14. The van der Waals surface area contributed by atoms with Gasteiger partial charge in [0, 0.05) is 19.3 Å². The minimum atomic E-state index is -3.09. The molecule has 0 aliphatic carbocycles. The first-order valence-corrected chi connectivity index (χ1v) is 8.45. The Bertz CT molecular complexity index is 550. The van der Waals surface area contributed by atoms with Crippen LogP contribution in [0, 0.1) is 5.92 Å². The molecular formula is C14H19NO3S. The van der Waals surface area contributed by atoms with Crippen molar-refractivity contribution in [3.05, 3.63) is 29.8 Å². The van der Waals surface area contributed by atoms with E-state index in [0.717, 1.165) is 38.2 Å². The van der Waals surface area contributed by atoms with Gasteiger partial charge >= 0.3 is 0 Å². The number of ether oxygens (including phenoxy) is 1. The molecule has 1 N–H and O–H groups in total. The van der Waals surface area contributed by atoms with Crippen LogP contribution < -0.4 is 5.32 Å². The molecule has 2 atom stereocenters. The van der Waals surface area contributed by atoms with E-state index in [9.17, 15) is 8.42 Å². The Kier molecular flexibility index (Phi) is 3.60. The molecule has 1 aromatic rings. The number of rotatable bonds is 4. The van der Waals surface area contributed by atoms with Crippen LogP contribution in [-0.4, -0.2) is 33.9 Å². The van der Waals surface area contributed by atoms with E-state index in [4.69, 9.17) is 4.74 Å². The molecule has 19 heavy (non-hydrogen) atoms. The van der Waals surface area contributed by atoms with E-state index in [0.29, 0.717) is 10.8 Å². The second-order valence-corrected chi connectivity index (χ2v) is 7.35. The Hall–Kier alpha value is -0.910. The van der Waals surface area contributed by atoms with E-state index in [2.05, 4.69) is 5.32 Å². The fraction of sp³-hybridized carbons (Fsp3) is 0.571. The minimum absolute atomic E-state index is 0.0523. The highest BCUT2D eigenvalue weighted by molar-refractivity contribution is 7.91. The molecule has 5 heteroatoms. The number of fused-ring (bicyclic) bond motifs is 1. The lowest BCUT2D eigenvalue weighted by Crippen LogP contribution is -2.25. The summed E-state index contributed by atoms with van der Waals surface area (Å²) in [7, 11) is -3.09. The first kappa shape index (κ1) is 13.1. The summed E-state index contributed by atoms with van der Waals surface area (Å²) < 4.78 is 29.4. The van der Waals surface area contributed by atoms with Gasteiger partial charge in [0.25, 0.3) is 0 Å².